The number of anilines is 2. The second kappa shape index (κ2) is 10.1. The summed E-state index contributed by atoms with van der Waals surface area (Å²) >= 11 is 0. The molecule has 1 saturated heterocycles. The van der Waals surface area contributed by atoms with E-state index in [1.54, 1.807) is 40.2 Å². The van der Waals surface area contributed by atoms with E-state index in [9.17, 15) is 14.4 Å². The highest BCUT2D eigenvalue weighted by atomic mass is 16.5. The van der Waals surface area contributed by atoms with E-state index in [4.69, 9.17) is 4.74 Å². The first-order chi connectivity index (χ1) is 16.0. The third-order valence-electron chi connectivity index (χ3n) is 5.38. The Kier molecular flexibility index (Phi) is 6.77. The van der Waals surface area contributed by atoms with E-state index >= 15 is 0 Å². The van der Waals surface area contributed by atoms with Crippen molar-refractivity contribution >= 4 is 29.2 Å². The Morgan fingerprint density at radius 3 is 2.55 bits per heavy atom. The molecule has 0 aliphatic carbocycles. The first-order valence-corrected chi connectivity index (χ1v) is 10.8. The minimum atomic E-state index is -0.457. The number of nitrogens with zero attached hydrogens (tertiary/aromatic N) is 4. The summed E-state index contributed by atoms with van der Waals surface area (Å²) in [6.07, 6.45) is 4.01. The Balaban J connectivity index is 1.33. The first kappa shape index (κ1) is 22.2. The summed E-state index contributed by atoms with van der Waals surface area (Å²) in [4.78, 5) is 42.7. The van der Waals surface area contributed by atoms with Gasteiger partial charge in [-0.05, 0) is 48.4 Å². The summed E-state index contributed by atoms with van der Waals surface area (Å²) in [5.74, 6) is -1.17. The second-order valence-electron chi connectivity index (χ2n) is 7.87. The average molecular weight is 447 g/mol. The lowest BCUT2D eigenvalue weighted by molar-refractivity contribution is -0.122. The van der Waals surface area contributed by atoms with Gasteiger partial charge in [-0.2, -0.15) is 5.10 Å². The van der Waals surface area contributed by atoms with Gasteiger partial charge in [0, 0.05) is 24.3 Å². The summed E-state index contributed by atoms with van der Waals surface area (Å²) < 4.78 is 6.84. The molecule has 1 fully saturated rings. The molecule has 1 aromatic heterocycles. The fourth-order valence-corrected chi connectivity index (χ4v) is 3.63. The zero-order valence-electron chi connectivity index (χ0n) is 18.3. The van der Waals surface area contributed by atoms with Crippen LogP contribution >= 0.6 is 0 Å². The molecule has 0 unspecified atom stereocenters. The molecule has 0 saturated carbocycles. The molecule has 33 heavy (non-hydrogen) atoms. The van der Waals surface area contributed by atoms with Crippen molar-refractivity contribution in [2.45, 2.75) is 26.3 Å². The summed E-state index contributed by atoms with van der Waals surface area (Å²) in [6.45, 7) is 3.18. The summed E-state index contributed by atoms with van der Waals surface area (Å²) in [7, 11) is 0. The van der Waals surface area contributed by atoms with E-state index in [1.165, 1.54) is 6.33 Å². The Labute approximate surface area is 191 Å². The molecule has 2 amide bonds. The summed E-state index contributed by atoms with van der Waals surface area (Å²) in [5.41, 5.74) is 2.78. The smallest absolute Gasteiger partial charge is 0.338 e. The van der Waals surface area contributed by atoms with E-state index in [0.717, 1.165) is 12.0 Å². The van der Waals surface area contributed by atoms with Crippen LogP contribution in [0.1, 0.15) is 35.7 Å². The largest absolute Gasteiger partial charge is 0.462 e. The lowest BCUT2D eigenvalue weighted by atomic mass is 10.1. The minimum Gasteiger partial charge on any atom is -0.462 e. The van der Waals surface area contributed by atoms with Crippen LogP contribution < -0.4 is 10.2 Å². The Hall–Kier alpha value is -4.01. The van der Waals surface area contributed by atoms with Crippen LogP contribution in [0.15, 0.2) is 61.2 Å². The minimum absolute atomic E-state index is 0.125. The fraction of sp³-hybridized carbons (Fsp3) is 0.292. The fourth-order valence-electron chi connectivity index (χ4n) is 3.63. The van der Waals surface area contributed by atoms with E-state index in [0.29, 0.717) is 30.1 Å². The maximum atomic E-state index is 12.7. The van der Waals surface area contributed by atoms with E-state index in [1.807, 2.05) is 31.2 Å². The van der Waals surface area contributed by atoms with Crippen molar-refractivity contribution in [2.75, 3.05) is 23.4 Å². The molecule has 4 rings (SSSR count). The number of carbonyl (C=O) groups is 3. The lowest BCUT2D eigenvalue weighted by Gasteiger charge is -2.17. The third kappa shape index (κ3) is 5.43. The molecule has 1 atom stereocenters. The van der Waals surface area contributed by atoms with Gasteiger partial charge >= 0.3 is 5.97 Å². The monoisotopic (exact) mass is 447 g/mol. The van der Waals surface area contributed by atoms with Crippen LogP contribution in [0.25, 0.3) is 0 Å². The van der Waals surface area contributed by atoms with Crippen LogP contribution in [0.5, 0.6) is 0 Å². The van der Waals surface area contributed by atoms with Crippen molar-refractivity contribution in [3.8, 4) is 0 Å². The zero-order valence-corrected chi connectivity index (χ0v) is 18.3. The van der Waals surface area contributed by atoms with Crippen molar-refractivity contribution in [3.63, 3.8) is 0 Å². The molecule has 1 aliphatic rings. The van der Waals surface area contributed by atoms with Gasteiger partial charge in [0.25, 0.3) is 0 Å². The number of hydrogen-bond donors (Lipinski definition) is 1. The van der Waals surface area contributed by atoms with Gasteiger partial charge in [-0.15, -0.1) is 0 Å². The van der Waals surface area contributed by atoms with E-state index in [2.05, 4.69) is 15.4 Å². The molecule has 0 radical (unpaired) electrons. The van der Waals surface area contributed by atoms with Crippen molar-refractivity contribution in [1.29, 1.82) is 0 Å². The number of esters is 1. The van der Waals surface area contributed by atoms with Gasteiger partial charge in [0.15, 0.2) is 0 Å². The van der Waals surface area contributed by atoms with E-state index < -0.39 is 5.92 Å². The van der Waals surface area contributed by atoms with Crippen molar-refractivity contribution in [3.05, 3.63) is 72.3 Å². The molecule has 0 spiro atoms. The molecule has 170 valence electrons. The molecule has 0 bridgehead atoms. The summed E-state index contributed by atoms with van der Waals surface area (Å²) in [5, 5.41) is 6.97. The van der Waals surface area contributed by atoms with Gasteiger partial charge in [0.05, 0.1) is 24.6 Å². The standard InChI is InChI=1S/C24H25N5O4/c1-2-11-33-24(32)18-5-9-21(10-6-18)29-14-19(12-22(29)30)23(31)27-20-7-3-17(4-8-20)13-28-16-25-15-26-28/h3-10,15-16,19H,2,11-14H2,1H3,(H,27,31)/t19-/m1/s1. The highest BCUT2D eigenvalue weighted by molar-refractivity contribution is 6.03. The van der Waals surface area contributed by atoms with Gasteiger partial charge < -0.3 is 15.0 Å². The molecule has 9 nitrogen and oxygen atoms in total. The molecular weight excluding hydrogens is 422 g/mol. The van der Waals surface area contributed by atoms with Gasteiger partial charge in [0.2, 0.25) is 11.8 Å². The predicted octanol–water partition coefficient (Wildman–Crippen LogP) is 2.88. The first-order valence-electron chi connectivity index (χ1n) is 10.8. The maximum absolute atomic E-state index is 12.7. The third-order valence-corrected chi connectivity index (χ3v) is 5.38. The Morgan fingerprint density at radius 1 is 1.12 bits per heavy atom. The topological polar surface area (TPSA) is 106 Å². The van der Waals surface area contributed by atoms with Gasteiger partial charge in [-0.3, -0.25) is 9.59 Å². The van der Waals surface area contributed by atoms with E-state index in [-0.39, 0.29) is 30.7 Å². The number of hydrogen-bond acceptors (Lipinski definition) is 6. The van der Waals surface area contributed by atoms with Crippen LogP contribution in [0.4, 0.5) is 11.4 Å². The molecular formula is C24H25N5O4. The second-order valence-corrected chi connectivity index (χ2v) is 7.87. The van der Waals surface area contributed by atoms with Gasteiger partial charge in [-0.1, -0.05) is 19.1 Å². The van der Waals surface area contributed by atoms with Crippen molar-refractivity contribution < 1.29 is 19.1 Å². The molecule has 1 aliphatic heterocycles. The van der Waals surface area contributed by atoms with Gasteiger partial charge in [-0.25, -0.2) is 14.5 Å². The number of aromatic nitrogens is 3. The number of nitrogens with one attached hydrogen (secondary N) is 1. The number of amides is 2. The highest BCUT2D eigenvalue weighted by Crippen LogP contribution is 2.26. The SMILES string of the molecule is CCCOC(=O)c1ccc(N2C[C@H](C(=O)Nc3ccc(Cn4cncn4)cc3)CC2=O)cc1. The molecule has 9 heteroatoms. The summed E-state index contributed by atoms with van der Waals surface area (Å²) in [6, 6.07) is 14.2. The lowest BCUT2D eigenvalue weighted by Crippen LogP contribution is -2.28. The quantitative estimate of drug-likeness (QED) is 0.532. The van der Waals surface area contributed by atoms with Crippen molar-refractivity contribution in [1.82, 2.24) is 14.8 Å². The van der Waals surface area contributed by atoms with Crippen molar-refractivity contribution in [2.24, 2.45) is 5.92 Å². The average Bonchev–Trinajstić information content (AvgIpc) is 3.48. The number of carbonyl (C=O) groups excluding carboxylic acids is 3. The molecule has 2 aromatic carbocycles. The molecule has 2 heterocycles. The normalized spacial score (nSPS) is 15.5. The van der Waals surface area contributed by atoms with Crippen LogP contribution in [0.2, 0.25) is 0 Å². The molecule has 3 aromatic rings. The predicted molar refractivity (Wildman–Crippen MR) is 122 cm³/mol. The number of benzene rings is 2. The number of ether oxygens (including phenoxy) is 1. The molecule has 1 N–H and O–H groups in total. The zero-order chi connectivity index (χ0) is 23.2. The highest BCUT2D eigenvalue weighted by Gasteiger charge is 2.35. The Bertz CT molecular complexity index is 1110. The number of rotatable bonds is 8. The van der Waals surface area contributed by atoms with Crippen LogP contribution in [-0.2, 0) is 20.9 Å². The maximum Gasteiger partial charge on any atom is 0.338 e. The van der Waals surface area contributed by atoms with Crippen LogP contribution in [-0.4, -0.2) is 45.7 Å². The Morgan fingerprint density at radius 2 is 1.88 bits per heavy atom. The van der Waals surface area contributed by atoms with Crippen LogP contribution in [0, 0.1) is 5.92 Å². The van der Waals surface area contributed by atoms with Gasteiger partial charge in [0.1, 0.15) is 12.7 Å². The van der Waals surface area contributed by atoms with Crippen LogP contribution in [0.3, 0.4) is 0 Å².